The van der Waals surface area contributed by atoms with Crippen LogP contribution in [0, 0.1) is 0 Å². The summed E-state index contributed by atoms with van der Waals surface area (Å²) in [6, 6.07) is 17.1. The number of hydrogen-bond acceptors (Lipinski definition) is 3. The van der Waals surface area contributed by atoms with E-state index in [1.807, 2.05) is 42.5 Å². The van der Waals surface area contributed by atoms with Crippen molar-refractivity contribution in [3.05, 3.63) is 54.6 Å². The average molecular weight is 217 g/mol. The first-order valence-corrected chi connectivity index (χ1v) is 5.44. The number of hydrogen-bond donors (Lipinski definition) is 2. The molecule has 0 amide bonds. The number of phenols is 1. The summed E-state index contributed by atoms with van der Waals surface area (Å²) in [5, 5.41) is 9.51. The highest BCUT2D eigenvalue weighted by molar-refractivity contribution is 8.00. The van der Waals surface area contributed by atoms with Crippen molar-refractivity contribution in [2.75, 3.05) is 4.72 Å². The predicted octanol–water partition coefficient (Wildman–Crippen LogP) is 3.51. The minimum Gasteiger partial charge on any atom is -0.506 e. The lowest BCUT2D eigenvalue weighted by atomic mass is 10.3. The van der Waals surface area contributed by atoms with Gasteiger partial charge in [-0.2, -0.15) is 0 Å². The molecule has 2 aromatic rings. The van der Waals surface area contributed by atoms with Gasteiger partial charge in [-0.3, -0.25) is 0 Å². The van der Waals surface area contributed by atoms with Gasteiger partial charge in [-0.15, -0.1) is 0 Å². The zero-order chi connectivity index (χ0) is 10.5. The Balaban J connectivity index is 2.03. The third-order valence-electron chi connectivity index (χ3n) is 1.93. The minimum atomic E-state index is 0.265. The molecule has 0 spiro atoms. The number of rotatable bonds is 3. The summed E-state index contributed by atoms with van der Waals surface area (Å²) in [4.78, 5) is 1.11. The van der Waals surface area contributed by atoms with Gasteiger partial charge in [0.05, 0.1) is 5.69 Å². The Hall–Kier alpha value is -1.61. The van der Waals surface area contributed by atoms with Crippen LogP contribution in [0.4, 0.5) is 5.69 Å². The van der Waals surface area contributed by atoms with Crippen molar-refractivity contribution >= 4 is 17.6 Å². The van der Waals surface area contributed by atoms with E-state index >= 15 is 0 Å². The van der Waals surface area contributed by atoms with Crippen LogP contribution in [0.15, 0.2) is 59.5 Å². The van der Waals surface area contributed by atoms with Gasteiger partial charge in [0.25, 0.3) is 0 Å². The van der Waals surface area contributed by atoms with Crippen LogP contribution in [-0.4, -0.2) is 5.11 Å². The lowest BCUT2D eigenvalue weighted by Gasteiger charge is -2.06. The molecule has 0 atom stereocenters. The normalized spacial score (nSPS) is 9.87. The number of para-hydroxylation sites is 2. The van der Waals surface area contributed by atoms with Crippen LogP contribution < -0.4 is 4.72 Å². The Morgan fingerprint density at radius 3 is 2.27 bits per heavy atom. The SMILES string of the molecule is Oc1ccccc1NSc1ccccc1. The Morgan fingerprint density at radius 1 is 0.867 bits per heavy atom. The zero-order valence-corrected chi connectivity index (χ0v) is 8.87. The quantitative estimate of drug-likeness (QED) is 0.609. The first-order valence-electron chi connectivity index (χ1n) is 4.62. The van der Waals surface area contributed by atoms with Gasteiger partial charge in [0.15, 0.2) is 0 Å². The van der Waals surface area contributed by atoms with Gasteiger partial charge in [0.1, 0.15) is 5.75 Å². The average Bonchev–Trinajstić information content (AvgIpc) is 2.29. The van der Waals surface area contributed by atoms with E-state index in [2.05, 4.69) is 4.72 Å². The molecule has 0 radical (unpaired) electrons. The molecule has 0 heterocycles. The standard InChI is InChI=1S/C12H11NOS/c14-12-9-5-4-8-11(12)13-15-10-6-2-1-3-7-10/h1-9,13-14H. The van der Waals surface area contributed by atoms with Crippen molar-refractivity contribution in [1.82, 2.24) is 0 Å². The molecule has 0 aliphatic heterocycles. The van der Waals surface area contributed by atoms with E-state index in [-0.39, 0.29) is 5.75 Å². The summed E-state index contributed by atoms with van der Waals surface area (Å²) in [5.74, 6) is 0.265. The molecular formula is C12H11NOS. The second-order valence-corrected chi connectivity index (χ2v) is 3.91. The van der Waals surface area contributed by atoms with Crippen molar-refractivity contribution in [3.8, 4) is 5.75 Å². The summed E-state index contributed by atoms with van der Waals surface area (Å²) < 4.78 is 3.10. The number of phenolic OH excluding ortho intramolecular Hbond substituents is 1. The molecule has 0 fully saturated rings. The third-order valence-corrected chi connectivity index (χ3v) is 2.76. The van der Waals surface area contributed by atoms with Crippen LogP contribution in [0.3, 0.4) is 0 Å². The number of aromatic hydroxyl groups is 1. The minimum absolute atomic E-state index is 0.265. The van der Waals surface area contributed by atoms with Gasteiger partial charge in [-0.05, 0) is 36.2 Å². The van der Waals surface area contributed by atoms with Crippen LogP contribution in [0.5, 0.6) is 5.75 Å². The van der Waals surface area contributed by atoms with Crippen LogP contribution in [0.2, 0.25) is 0 Å². The lowest BCUT2D eigenvalue weighted by molar-refractivity contribution is 0.478. The van der Waals surface area contributed by atoms with Gasteiger partial charge < -0.3 is 9.83 Å². The maximum absolute atomic E-state index is 9.51. The molecule has 0 saturated heterocycles. The lowest BCUT2D eigenvalue weighted by Crippen LogP contribution is -1.86. The Morgan fingerprint density at radius 2 is 1.53 bits per heavy atom. The fourth-order valence-corrected chi connectivity index (χ4v) is 1.86. The van der Waals surface area contributed by atoms with Crippen molar-refractivity contribution in [1.29, 1.82) is 0 Å². The second kappa shape index (κ2) is 4.75. The maximum atomic E-state index is 9.51. The van der Waals surface area contributed by atoms with Crippen molar-refractivity contribution in [2.45, 2.75) is 4.90 Å². The van der Waals surface area contributed by atoms with E-state index in [1.54, 1.807) is 12.1 Å². The summed E-state index contributed by atoms with van der Waals surface area (Å²) in [6.45, 7) is 0. The predicted molar refractivity (Wildman–Crippen MR) is 64.0 cm³/mol. The fourth-order valence-electron chi connectivity index (χ4n) is 1.16. The maximum Gasteiger partial charge on any atom is 0.139 e. The van der Waals surface area contributed by atoms with Crippen LogP contribution in [0.1, 0.15) is 0 Å². The third kappa shape index (κ3) is 2.67. The highest BCUT2D eigenvalue weighted by Gasteiger charge is 1.98. The largest absolute Gasteiger partial charge is 0.506 e. The summed E-state index contributed by atoms with van der Waals surface area (Å²) in [6.07, 6.45) is 0. The molecule has 0 aliphatic carbocycles. The highest BCUT2D eigenvalue weighted by Crippen LogP contribution is 2.27. The summed E-state index contributed by atoms with van der Waals surface area (Å²) >= 11 is 1.48. The smallest absolute Gasteiger partial charge is 0.139 e. The molecule has 0 unspecified atom stereocenters. The fraction of sp³-hybridized carbons (Fsp3) is 0. The van der Waals surface area contributed by atoms with Gasteiger partial charge in [-0.25, -0.2) is 0 Å². The summed E-state index contributed by atoms with van der Waals surface area (Å²) in [5.41, 5.74) is 0.728. The molecule has 3 heteroatoms. The number of anilines is 1. The molecule has 2 nitrogen and oxygen atoms in total. The van der Waals surface area contributed by atoms with E-state index in [1.165, 1.54) is 11.9 Å². The van der Waals surface area contributed by atoms with E-state index in [9.17, 15) is 5.11 Å². The Labute approximate surface area is 93.1 Å². The highest BCUT2D eigenvalue weighted by atomic mass is 32.2. The van der Waals surface area contributed by atoms with Gasteiger partial charge in [0.2, 0.25) is 0 Å². The first-order chi connectivity index (χ1) is 7.36. The zero-order valence-electron chi connectivity index (χ0n) is 8.05. The molecule has 2 N–H and O–H groups in total. The first kappa shape index (κ1) is 9.93. The van der Waals surface area contributed by atoms with E-state index < -0.39 is 0 Å². The molecule has 0 aliphatic rings. The van der Waals surface area contributed by atoms with E-state index in [4.69, 9.17) is 0 Å². The summed E-state index contributed by atoms with van der Waals surface area (Å²) in [7, 11) is 0. The molecule has 2 aromatic carbocycles. The number of nitrogens with one attached hydrogen (secondary N) is 1. The monoisotopic (exact) mass is 217 g/mol. The Kier molecular flexibility index (Phi) is 3.15. The van der Waals surface area contributed by atoms with Gasteiger partial charge >= 0.3 is 0 Å². The van der Waals surface area contributed by atoms with Crippen LogP contribution in [-0.2, 0) is 0 Å². The van der Waals surface area contributed by atoms with E-state index in [0.29, 0.717) is 0 Å². The second-order valence-electron chi connectivity index (χ2n) is 3.03. The van der Waals surface area contributed by atoms with Gasteiger partial charge in [-0.1, -0.05) is 30.3 Å². The molecule has 76 valence electrons. The van der Waals surface area contributed by atoms with E-state index in [0.717, 1.165) is 10.6 Å². The van der Waals surface area contributed by atoms with Crippen molar-refractivity contribution in [3.63, 3.8) is 0 Å². The van der Waals surface area contributed by atoms with Crippen molar-refractivity contribution in [2.24, 2.45) is 0 Å². The van der Waals surface area contributed by atoms with Crippen molar-refractivity contribution < 1.29 is 5.11 Å². The number of benzene rings is 2. The molecule has 0 saturated carbocycles. The molecule has 0 aromatic heterocycles. The van der Waals surface area contributed by atoms with Crippen LogP contribution >= 0.6 is 11.9 Å². The van der Waals surface area contributed by atoms with Gasteiger partial charge in [0, 0.05) is 4.90 Å². The molecule has 2 rings (SSSR count). The molecule has 15 heavy (non-hydrogen) atoms. The topological polar surface area (TPSA) is 32.3 Å². The Bertz CT molecular complexity index is 431. The van der Waals surface area contributed by atoms with Crippen LogP contribution in [0.25, 0.3) is 0 Å². The molecular weight excluding hydrogens is 206 g/mol. The molecule has 0 bridgehead atoms.